The highest BCUT2D eigenvalue weighted by Gasteiger charge is 2.33. The van der Waals surface area contributed by atoms with E-state index >= 15 is 0 Å². The molecule has 1 unspecified atom stereocenters. The summed E-state index contributed by atoms with van der Waals surface area (Å²) in [7, 11) is -1.93. The Labute approximate surface area is 192 Å². The molecule has 3 heteroatoms. The van der Waals surface area contributed by atoms with Crippen molar-refractivity contribution in [1.82, 2.24) is 0 Å². The first-order valence-corrected chi connectivity index (χ1v) is 16.1. The third kappa shape index (κ3) is 17.8. The van der Waals surface area contributed by atoms with Crippen molar-refractivity contribution < 1.29 is 8.85 Å². The minimum atomic E-state index is -1.93. The minimum Gasteiger partial charge on any atom is -0.394 e. The molecule has 0 N–H and O–H groups in total. The maximum absolute atomic E-state index is 6.36. The van der Waals surface area contributed by atoms with Gasteiger partial charge in [-0.3, -0.25) is 0 Å². The van der Waals surface area contributed by atoms with Crippen LogP contribution in [0.1, 0.15) is 144 Å². The highest BCUT2D eigenvalue weighted by atomic mass is 28.4. The van der Waals surface area contributed by atoms with Gasteiger partial charge in [0.15, 0.2) is 0 Å². The lowest BCUT2D eigenvalue weighted by Gasteiger charge is -2.30. The Morgan fingerprint density at radius 3 is 1.30 bits per heavy atom. The van der Waals surface area contributed by atoms with E-state index in [2.05, 4.69) is 34.6 Å². The molecule has 0 aromatic rings. The first-order valence-electron chi connectivity index (χ1n) is 13.9. The topological polar surface area (TPSA) is 18.5 Å². The molecule has 0 rings (SSSR count). The Morgan fingerprint density at radius 2 is 0.933 bits per heavy atom. The van der Waals surface area contributed by atoms with Crippen molar-refractivity contribution in [3.05, 3.63) is 0 Å². The Balaban J connectivity index is 3.45. The summed E-state index contributed by atoms with van der Waals surface area (Å²) in [4.78, 5) is 0. The normalized spacial score (nSPS) is 13.1. The van der Waals surface area contributed by atoms with Crippen LogP contribution in [0.5, 0.6) is 0 Å². The van der Waals surface area contributed by atoms with Crippen LogP contribution < -0.4 is 0 Å². The Hall–Kier alpha value is 0.137. The fraction of sp³-hybridized carbons (Fsp3) is 1.00. The van der Waals surface area contributed by atoms with Crippen LogP contribution in [0.4, 0.5) is 0 Å². The van der Waals surface area contributed by atoms with Gasteiger partial charge in [-0.2, -0.15) is 0 Å². The van der Waals surface area contributed by atoms with Gasteiger partial charge in [-0.1, -0.05) is 137 Å². The molecule has 0 saturated heterocycles. The Kier molecular flexibility index (Phi) is 22.4. The van der Waals surface area contributed by atoms with E-state index in [0.717, 1.165) is 25.3 Å². The predicted molar refractivity (Wildman–Crippen MR) is 138 cm³/mol. The van der Waals surface area contributed by atoms with Gasteiger partial charge in [-0.15, -0.1) is 0 Å². The summed E-state index contributed by atoms with van der Waals surface area (Å²) in [5.41, 5.74) is 0. The van der Waals surface area contributed by atoms with E-state index in [9.17, 15) is 0 Å². The lowest BCUT2D eigenvalue weighted by atomic mass is 10.0. The summed E-state index contributed by atoms with van der Waals surface area (Å²) in [5, 5.41) is 0. The van der Waals surface area contributed by atoms with Gasteiger partial charge in [0.1, 0.15) is 0 Å². The van der Waals surface area contributed by atoms with Crippen molar-refractivity contribution in [1.29, 1.82) is 0 Å². The number of hydrogen-bond acceptors (Lipinski definition) is 2. The Bertz CT molecular complexity index is 331. The standard InChI is InChI=1S/C27H58O2Si/c1-6-10-11-12-13-14-15-16-17-18-19-20-21-22-23-24-25-28-30(8-3,9-4)29-26-27(5)7-2/h27H,6-26H2,1-5H3. The molecule has 0 aliphatic carbocycles. The highest BCUT2D eigenvalue weighted by molar-refractivity contribution is 6.67. The van der Waals surface area contributed by atoms with Gasteiger partial charge >= 0.3 is 8.56 Å². The summed E-state index contributed by atoms with van der Waals surface area (Å²) in [6, 6.07) is 2.16. The molecule has 1 atom stereocenters. The van der Waals surface area contributed by atoms with Gasteiger partial charge in [0.25, 0.3) is 0 Å². The molecule has 0 spiro atoms. The van der Waals surface area contributed by atoms with Crippen LogP contribution in [0.2, 0.25) is 12.1 Å². The van der Waals surface area contributed by atoms with Gasteiger partial charge in [-0.05, 0) is 24.4 Å². The van der Waals surface area contributed by atoms with Crippen LogP contribution >= 0.6 is 0 Å². The maximum Gasteiger partial charge on any atom is 0.337 e. The van der Waals surface area contributed by atoms with E-state index in [4.69, 9.17) is 8.85 Å². The SMILES string of the molecule is CCCCCCCCCCCCCCCCCCO[Si](CC)(CC)OCC(C)CC. The lowest BCUT2D eigenvalue weighted by Crippen LogP contribution is -2.42. The van der Waals surface area contributed by atoms with Gasteiger partial charge in [0, 0.05) is 13.2 Å². The summed E-state index contributed by atoms with van der Waals surface area (Å²) >= 11 is 0. The largest absolute Gasteiger partial charge is 0.394 e. The molecule has 0 aromatic heterocycles. The third-order valence-corrected chi connectivity index (χ3v) is 10.3. The van der Waals surface area contributed by atoms with E-state index in [1.807, 2.05) is 0 Å². The average molecular weight is 443 g/mol. The zero-order chi connectivity index (χ0) is 22.3. The van der Waals surface area contributed by atoms with E-state index in [1.54, 1.807) is 0 Å². The summed E-state index contributed by atoms with van der Waals surface area (Å²) in [5.74, 6) is 0.647. The lowest BCUT2D eigenvalue weighted by molar-refractivity contribution is 0.145. The molecule has 0 bridgehead atoms. The highest BCUT2D eigenvalue weighted by Crippen LogP contribution is 2.21. The van der Waals surface area contributed by atoms with Gasteiger partial charge in [-0.25, -0.2) is 0 Å². The van der Waals surface area contributed by atoms with Gasteiger partial charge in [0.2, 0.25) is 0 Å². The van der Waals surface area contributed by atoms with E-state index < -0.39 is 8.56 Å². The van der Waals surface area contributed by atoms with Gasteiger partial charge in [0.05, 0.1) is 0 Å². The monoisotopic (exact) mass is 442 g/mol. The second-order valence-electron chi connectivity index (χ2n) is 9.59. The van der Waals surface area contributed by atoms with E-state index in [1.165, 1.54) is 109 Å². The molecule has 0 aliphatic heterocycles. The first kappa shape index (κ1) is 30.1. The molecule has 0 aliphatic rings. The molecule has 0 heterocycles. The van der Waals surface area contributed by atoms with Crippen molar-refractivity contribution in [3.63, 3.8) is 0 Å². The molecule has 182 valence electrons. The third-order valence-electron chi connectivity index (χ3n) is 6.77. The van der Waals surface area contributed by atoms with Crippen LogP contribution in [-0.2, 0) is 8.85 Å². The molecule has 0 amide bonds. The van der Waals surface area contributed by atoms with Crippen LogP contribution in [0.3, 0.4) is 0 Å². The fourth-order valence-electron chi connectivity index (χ4n) is 4.02. The molecule has 0 aromatic carbocycles. The zero-order valence-corrected chi connectivity index (χ0v) is 22.7. The number of unbranched alkanes of at least 4 members (excludes halogenated alkanes) is 15. The molecule has 0 fully saturated rings. The second-order valence-corrected chi connectivity index (χ2v) is 13.4. The predicted octanol–water partition coefficient (Wildman–Crippen LogP) is 9.81. The molecular weight excluding hydrogens is 384 g/mol. The fourth-order valence-corrected chi connectivity index (χ4v) is 6.52. The van der Waals surface area contributed by atoms with Crippen LogP contribution in [-0.4, -0.2) is 21.8 Å². The van der Waals surface area contributed by atoms with Crippen LogP contribution in [0.15, 0.2) is 0 Å². The number of hydrogen-bond donors (Lipinski definition) is 0. The molecule has 2 nitrogen and oxygen atoms in total. The van der Waals surface area contributed by atoms with Crippen molar-refractivity contribution >= 4 is 8.56 Å². The summed E-state index contributed by atoms with van der Waals surface area (Å²) in [6.45, 7) is 13.1. The van der Waals surface area contributed by atoms with Crippen LogP contribution in [0.25, 0.3) is 0 Å². The molecule has 0 radical (unpaired) electrons. The average Bonchev–Trinajstić information content (AvgIpc) is 2.78. The molecule has 30 heavy (non-hydrogen) atoms. The van der Waals surface area contributed by atoms with Crippen molar-refractivity contribution in [2.75, 3.05) is 13.2 Å². The summed E-state index contributed by atoms with van der Waals surface area (Å²) < 4.78 is 12.7. The van der Waals surface area contributed by atoms with E-state index in [-0.39, 0.29) is 0 Å². The first-order chi connectivity index (χ1) is 14.6. The minimum absolute atomic E-state index is 0.647. The smallest absolute Gasteiger partial charge is 0.337 e. The van der Waals surface area contributed by atoms with Crippen molar-refractivity contribution in [2.45, 2.75) is 156 Å². The van der Waals surface area contributed by atoms with Crippen LogP contribution in [0, 0.1) is 5.92 Å². The zero-order valence-electron chi connectivity index (χ0n) is 21.7. The quantitative estimate of drug-likeness (QED) is 0.109. The van der Waals surface area contributed by atoms with Crippen molar-refractivity contribution in [2.24, 2.45) is 5.92 Å². The molecule has 0 saturated carbocycles. The second kappa shape index (κ2) is 22.3. The summed E-state index contributed by atoms with van der Waals surface area (Å²) in [6.07, 6.45) is 23.9. The van der Waals surface area contributed by atoms with Crippen molar-refractivity contribution in [3.8, 4) is 0 Å². The Morgan fingerprint density at radius 1 is 0.533 bits per heavy atom. The maximum atomic E-state index is 6.36. The van der Waals surface area contributed by atoms with E-state index in [0.29, 0.717) is 5.92 Å². The number of rotatable bonds is 24. The van der Waals surface area contributed by atoms with Gasteiger partial charge < -0.3 is 8.85 Å². The molecular formula is C27H58O2Si.